The van der Waals surface area contributed by atoms with Crippen LogP contribution in [0.2, 0.25) is 0 Å². The van der Waals surface area contributed by atoms with Gasteiger partial charge in [0.15, 0.2) is 0 Å². The molecule has 3 fully saturated rings. The molecule has 0 aliphatic carbocycles. The van der Waals surface area contributed by atoms with Crippen LogP contribution in [0.25, 0.3) is 0 Å². The van der Waals surface area contributed by atoms with Crippen molar-refractivity contribution in [2.45, 2.75) is 31.8 Å². The number of piperazine rings is 1. The van der Waals surface area contributed by atoms with Crippen LogP contribution in [0.15, 0.2) is 17.5 Å². The van der Waals surface area contributed by atoms with Crippen LogP contribution in [0.3, 0.4) is 0 Å². The van der Waals surface area contributed by atoms with Crippen LogP contribution in [0, 0.1) is 5.92 Å². The second kappa shape index (κ2) is 9.13. The summed E-state index contributed by atoms with van der Waals surface area (Å²) in [6.45, 7) is 3.99. The highest BCUT2D eigenvalue weighted by Gasteiger charge is 2.35. The molecule has 3 aliphatic rings. The molecule has 3 aliphatic heterocycles. The predicted octanol–water partition coefficient (Wildman–Crippen LogP) is 1.84. The van der Waals surface area contributed by atoms with E-state index in [0.717, 1.165) is 30.7 Å². The highest BCUT2D eigenvalue weighted by molar-refractivity contribution is 7.14. The molecule has 29 heavy (non-hydrogen) atoms. The first-order valence-electron chi connectivity index (χ1n) is 10.4. The standard InChI is InChI=1S/C20H28N4O4S/c25-18(22-8-10-23(11-9-22)19(26)16-5-2-12-28-16)15-4-1-7-24(14-15)20(27)21-17-6-3-13-29-17/h3,6,13,15-16H,1-2,4-5,7-12,14H2,(H,21,27). The lowest BCUT2D eigenvalue weighted by Gasteiger charge is -2.39. The first-order chi connectivity index (χ1) is 14.1. The Kier molecular flexibility index (Phi) is 6.34. The SMILES string of the molecule is O=C(Nc1cccs1)N1CCCC(C(=O)N2CCN(C(=O)C3CCCO3)CC2)C1. The molecule has 1 aromatic rings. The van der Waals surface area contributed by atoms with Crippen molar-refractivity contribution < 1.29 is 19.1 Å². The van der Waals surface area contributed by atoms with E-state index in [1.807, 2.05) is 27.3 Å². The van der Waals surface area contributed by atoms with Crippen LogP contribution in [0.5, 0.6) is 0 Å². The molecule has 3 saturated heterocycles. The summed E-state index contributed by atoms with van der Waals surface area (Å²) in [5.41, 5.74) is 0. The Morgan fingerprint density at radius 3 is 2.38 bits per heavy atom. The summed E-state index contributed by atoms with van der Waals surface area (Å²) >= 11 is 1.48. The van der Waals surface area contributed by atoms with Crippen molar-refractivity contribution in [3.05, 3.63) is 17.5 Å². The van der Waals surface area contributed by atoms with E-state index in [1.54, 1.807) is 4.90 Å². The highest BCUT2D eigenvalue weighted by Crippen LogP contribution is 2.23. The number of nitrogens with one attached hydrogen (secondary N) is 1. The van der Waals surface area contributed by atoms with Gasteiger partial charge < -0.3 is 19.4 Å². The molecule has 1 aromatic heterocycles. The van der Waals surface area contributed by atoms with Crippen LogP contribution in [0.1, 0.15) is 25.7 Å². The lowest BCUT2D eigenvalue weighted by Crippen LogP contribution is -2.55. The maximum atomic E-state index is 13.0. The van der Waals surface area contributed by atoms with E-state index >= 15 is 0 Å². The van der Waals surface area contributed by atoms with E-state index in [2.05, 4.69) is 5.32 Å². The summed E-state index contributed by atoms with van der Waals surface area (Å²) in [6.07, 6.45) is 3.06. The summed E-state index contributed by atoms with van der Waals surface area (Å²) in [4.78, 5) is 43.4. The van der Waals surface area contributed by atoms with Gasteiger partial charge in [-0.15, -0.1) is 11.3 Å². The molecular formula is C20H28N4O4S. The normalized spacial score (nSPS) is 25.2. The Morgan fingerprint density at radius 1 is 0.966 bits per heavy atom. The lowest BCUT2D eigenvalue weighted by atomic mass is 9.96. The van der Waals surface area contributed by atoms with Crippen molar-refractivity contribution in [3.63, 3.8) is 0 Å². The van der Waals surface area contributed by atoms with Gasteiger partial charge in [-0.2, -0.15) is 0 Å². The van der Waals surface area contributed by atoms with Gasteiger partial charge in [0.25, 0.3) is 5.91 Å². The largest absolute Gasteiger partial charge is 0.368 e. The third-order valence-corrected chi connectivity index (χ3v) is 6.70. The third kappa shape index (κ3) is 4.72. The number of anilines is 1. The summed E-state index contributed by atoms with van der Waals surface area (Å²) < 4.78 is 5.49. The molecule has 158 valence electrons. The topological polar surface area (TPSA) is 82.2 Å². The first-order valence-corrected chi connectivity index (χ1v) is 11.3. The number of urea groups is 1. The minimum Gasteiger partial charge on any atom is -0.368 e. The number of nitrogens with zero attached hydrogens (tertiary/aromatic N) is 3. The average molecular weight is 421 g/mol. The highest BCUT2D eigenvalue weighted by atomic mass is 32.1. The Bertz CT molecular complexity index is 727. The average Bonchev–Trinajstić information content (AvgIpc) is 3.47. The van der Waals surface area contributed by atoms with Crippen LogP contribution in [-0.2, 0) is 14.3 Å². The Labute approximate surface area is 174 Å². The number of amides is 4. The second-order valence-electron chi connectivity index (χ2n) is 7.84. The molecule has 0 radical (unpaired) electrons. The molecule has 2 unspecified atom stereocenters. The first kappa shape index (κ1) is 20.2. The quantitative estimate of drug-likeness (QED) is 0.809. The van der Waals surface area contributed by atoms with Crippen molar-refractivity contribution in [1.82, 2.24) is 14.7 Å². The summed E-state index contributed by atoms with van der Waals surface area (Å²) in [5.74, 6) is -0.00946. The van der Waals surface area contributed by atoms with E-state index in [4.69, 9.17) is 4.74 Å². The second-order valence-corrected chi connectivity index (χ2v) is 8.79. The van der Waals surface area contributed by atoms with Gasteiger partial charge in [-0.05, 0) is 43.2 Å². The number of carbonyl (C=O) groups is 3. The fourth-order valence-corrected chi connectivity index (χ4v) is 4.89. The zero-order valence-electron chi connectivity index (χ0n) is 16.5. The number of likely N-dealkylation sites (tertiary alicyclic amines) is 1. The maximum absolute atomic E-state index is 13.0. The zero-order chi connectivity index (χ0) is 20.2. The molecule has 4 amide bonds. The van der Waals surface area contributed by atoms with Gasteiger partial charge in [0.1, 0.15) is 6.10 Å². The number of rotatable bonds is 3. The van der Waals surface area contributed by atoms with Gasteiger partial charge in [-0.25, -0.2) is 4.79 Å². The fraction of sp³-hybridized carbons (Fsp3) is 0.650. The Balaban J connectivity index is 1.27. The van der Waals surface area contributed by atoms with Crippen LogP contribution >= 0.6 is 11.3 Å². The lowest BCUT2D eigenvalue weighted by molar-refractivity contribution is -0.147. The van der Waals surface area contributed by atoms with E-state index < -0.39 is 0 Å². The maximum Gasteiger partial charge on any atom is 0.322 e. The molecule has 0 saturated carbocycles. The molecule has 8 nitrogen and oxygen atoms in total. The van der Waals surface area contributed by atoms with Crippen molar-refractivity contribution >= 4 is 34.2 Å². The van der Waals surface area contributed by atoms with E-state index in [9.17, 15) is 14.4 Å². The Hall–Kier alpha value is -2.13. The minimum atomic E-state index is -0.300. The van der Waals surface area contributed by atoms with Gasteiger partial charge in [-0.3, -0.25) is 14.9 Å². The minimum absolute atomic E-state index is 0.0590. The van der Waals surface area contributed by atoms with E-state index in [-0.39, 0.29) is 29.9 Å². The van der Waals surface area contributed by atoms with Crippen molar-refractivity contribution in [2.75, 3.05) is 51.2 Å². The summed E-state index contributed by atoms with van der Waals surface area (Å²) in [7, 11) is 0. The molecule has 9 heteroatoms. The molecular weight excluding hydrogens is 392 g/mol. The third-order valence-electron chi connectivity index (χ3n) is 5.92. The van der Waals surface area contributed by atoms with Crippen LogP contribution in [-0.4, -0.2) is 84.5 Å². The van der Waals surface area contributed by atoms with Crippen LogP contribution < -0.4 is 5.32 Å². The predicted molar refractivity (Wildman–Crippen MR) is 110 cm³/mol. The molecule has 0 spiro atoms. The smallest absolute Gasteiger partial charge is 0.322 e. The number of carbonyl (C=O) groups excluding carboxylic acids is 3. The van der Waals surface area contributed by atoms with Gasteiger partial charge in [-0.1, -0.05) is 0 Å². The molecule has 0 aromatic carbocycles. The Morgan fingerprint density at radius 2 is 1.72 bits per heavy atom. The van der Waals surface area contributed by atoms with E-state index in [0.29, 0.717) is 45.9 Å². The van der Waals surface area contributed by atoms with Gasteiger partial charge in [0.2, 0.25) is 5.91 Å². The van der Waals surface area contributed by atoms with Crippen molar-refractivity contribution in [1.29, 1.82) is 0 Å². The van der Waals surface area contributed by atoms with Gasteiger partial charge >= 0.3 is 6.03 Å². The van der Waals surface area contributed by atoms with Crippen molar-refractivity contribution in [3.8, 4) is 0 Å². The zero-order valence-corrected chi connectivity index (χ0v) is 17.4. The van der Waals surface area contributed by atoms with Crippen molar-refractivity contribution in [2.24, 2.45) is 5.92 Å². The number of piperidine rings is 1. The summed E-state index contributed by atoms with van der Waals surface area (Å²) in [6, 6.07) is 3.62. The number of hydrogen-bond donors (Lipinski definition) is 1. The number of hydrogen-bond acceptors (Lipinski definition) is 5. The molecule has 0 bridgehead atoms. The van der Waals surface area contributed by atoms with Gasteiger partial charge in [0, 0.05) is 45.9 Å². The fourth-order valence-electron chi connectivity index (χ4n) is 4.28. The number of thiophene rings is 1. The van der Waals surface area contributed by atoms with E-state index in [1.165, 1.54) is 11.3 Å². The molecule has 2 atom stereocenters. The molecule has 1 N–H and O–H groups in total. The molecule has 4 rings (SSSR count). The monoisotopic (exact) mass is 420 g/mol. The number of ether oxygens (including phenoxy) is 1. The van der Waals surface area contributed by atoms with Crippen LogP contribution in [0.4, 0.5) is 9.80 Å². The van der Waals surface area contributed by atoms with Gasteiger partial charge in [0.05, 0.1) is 10.9 Å². The molecule has 4 heterocycles. The summed E-state index contributed by atoms with van der Waals surface area (Å²) in [5, 5.41) is 5.63.